The van der Waals surface area contributed by atoms with Crippen molar-refractivity contribution in [2.24, 2.45) is 0 Å². The number of likely N-dealkylation sites (tertiary alicyclic amines) is 1. The molecule has 3 heterocycles. The second kappa shape index (κ2) is 10.3. The normalized spacial score (nSPS) is 21.6. The van der Waals surface area contributed by atoms with Crippen LogP contribution in [0, 0.1) is 0 Å². The SMILES string of the molecule is COc1ccc(CN2C(=O)CCC(N3C(=O)C4(CC4)c4cc(N5CCN(C(=O)OC(C)(C)C)CC5)ccc43)C2=O)cc1. The highest BCUT2D eigenvalue weighted by atomic mass is 16.6. The van der Waals surface area contributed by atoms with Gasteiger partial charge < -0.3 is 19.3 Å². The molecule has 2 aromatic rings. The van der Waals surface area contributed by atoms with Crippen LogP contribution in [0.5, 0.6) is 5.75 Å². The lowest BCUT2D eigenvalue weighted by atomic mass is 9.97. The number of methoxy groups -OCH3 is 1. The molecule has 0 radical (unpaired) electrons. The number of amides is 4. The third-order valence-corrected chi connectivity index (χ3v) is 8.73. The van der Waals surface area contributed by atoms with Gasteiger partial charge in [-0.25, -0.2) is 4.79 Å². The van der Waals surface area contributed by atoms with Crippen molar-refractivity contribution in [2.75, 3.05) is 43.1 Å². The quantitative estimate of drug-likeness (QED) is 0.500. The van der Waals surface area contributed by atoms with Gasteiger partial charge in [0, 0.05) is 44.0 Å². The van der Waals surface area contributed by atoms with Gasteiger partial charge in [0.2, 0.25) is 11.8 Å². The fourth-order valence-electron chi connectivity index (χ4n) is 6.30. The molecule has 1 atom stereocenters. The average Bonchev–Trinajstić information content (AvgIpc) is 3.74. The first kappa shape index (κ1) is 28.1. The van der Waals surface area contributed by atoms with E-state index < -0.39 is 17.1 Å². The van der Waals surface area contributed by atoms with E-state index in [9.17, 15) is 19.2 Å². The van der Waals surface area contributed by atoms with Crippen LogP contribution in [0.25, 0.3) is 0 Å². The number of piperidine rings is 1. The number of hydrogen-bond acceptors (Lipinski definition) is 7. The summed E-state index contributed by atoms with van der Waals surface area (Å²) in [5, 5.41) is 0. The van der Waals surface area contributed by atoms with Crippen molar-refractivity contribution in [3.8, 4) is 5.75 Å². The summed E-state index contributed by atoms with van der Waals surface area (Å²) in [7, 11) is 1.59. The zero-order chi connectivity index (χ0) is 29.8. The Kier molecular flexibility index (Phi) is 6.90. The number of carbonyl (C=O) groups excluding carboxylic acids is 4. The molecule has 1 unspecified atom stereocenters. The first-order valence-electron chi connectivity index (χ1n) is 14.7. The molecule has 3 fully saturated rings. The molecule has 1 aliphatic carbocycles. The van der Waals surface area contributed by atoms with Crippen molar-refractivity contribution in [2.45, 2.75) is 70.1 Å². The van der Waals surface area contributed by atoms with Crippen LogP contribution < -0.4 is 14.5 Å². The van der Waals surface area contributed by atoms with E-state index >= 15 is 0 Å². The fraction of sp³-hybridized carbons (Fsp3) is 0.500. The Hall–Kier alpha value is -4.08. The van der Waals surface area contributed by atoms with Crippen LogP contribution in [0.15, 0.2) is 42.5 Å². The molecule has 4 amide bonds. The van der Waals surface area contributed by atoms with E-state index in [1.54, 1.807) is 29.0 Å². The zero-order valence-electron chi connectivity index (χ0n) is 24.7. The maximum absolute atomic E-state index is 13.9. The molecule has 2 saturated heterocycles. The number of imide groups is 1. The smallest absolute Gasteiger partial charge is 0.410 e. The lowest BCUT2D eigenvalue weighted by molar-refractivity contribution is -0.150. The zero-order valence-corrected chi connectivity index (χ0v) is 24.7. The van der Waals surface area contributed by atoms with E-state index in [0.717, 1.165) is 35.3 Å². The van der Waals surface area contributed by atoms with Gasteiger partial charge in [-0.3, -0.25) is 24.2 Å². The van der Waals surface area contributed by atoms with Gasteiger partial charge in [0.1, 0.15) is 17.4 Å². The van der Waals surface area contributed by atoms with Crippen LogP contribution in [-0.2, 0) is 31.1 Å². The molecule has 10 nitrogen and oxygen atoms in total. The van der Waals surface area contributed by atoms with Gasteiger partial charge in [-0.2, -0.15) is 0 Å². The Morgan fingerprint density at radius 1 is 0.976 bits per heavy atom. The predicted molar refractivity (Wildman–Crippen MR) is 156 cm³/mol. The van der Waals surface area contributed by atoms with Gasteiger partial charge in [0.05, 0.1) is 19.1 Å². The summed E-state index contributed by atoms with van der Waals surface area (Å²) >= 11 is 0. The van der Waals surface area contributed by atoms with Gasteiger partial charge in [0.15, 0.2) is 0 Å². The van der Waals surface area contributed by atoms with Crippen LogP contribution in [0.3, 0.4) is 0 Å². The van der Waals surface area contributed by atoms with E-state index in [-0.39, 0.29) is 36.8 Å². The summed E-state index contributed by atoms with van der Waals surface area (Å²) in [5.74, 6) is 0.107. The first-order chi connectivity index (χ1) is 20.0. The molecule has 10 heteroatoms. The standard InChI is InChI=1S/C32H38N4O6/c1-31(2,3)42-30(40)34-17-15-33(16-18-34)22-7-10-25-24(19-22)32(13-14-32)29(39)36(25)26-11-12-27(37)35(28(26)38)20-21-5-8-23(41-4)9-6-21/h5-10,19,26H,11-18,20H2,1-4H3. The number of benzene rings is 2. The van der Waals surface area contributed by atoms with Crippen LogP contribution >= 0.6 is 0 Å². The van der Waals surface area contributed by atoms with Crippen LogP contribution in [-0.4, -0.2) is 78.5 Å². The van der Waals surface area contributed by atoms with Gasteiger partial charge >= 0.3 is 6.09 Å². The maximum Gasteiger partial charge on any atom is 0.410 e. The van der Waals surface area contributed by atoms with E-state index in [1.165, 1.54) is 4.90 Å². The molecular formula is C32H38N4O6. The molecule has 6 rings (SSSR count). The molecule has 222 valence electrons. The minimum atomic E-state index is -0.713. The summed E-state index contributed by atoms with van der Waals surface area (Å²) < 4.78 is 10.7. The Morgan fingerprint density at radius 2 is 1.67 bits per heavy atom. The number of ether oxygens (including phenoxy) is 2. The molecule has 42 heavy (non-hydrogen) atoms. The van der Waals surface area contributed by atoms with Crippen molar-refractivity contribution >= 4 is 35.2 Å². The van der Waals surface area contributed by atoms with E-state index in [4.69, 9.17) is 9.47 Å². The number of hydrogen-bond donors (Lipinski definition) is 0. The van der Waals surface area contributed by atoms with Gasteiger partial charge in [-0.05, 0) is 81.5 Å². The highest BCUT2D eigenvalue weighted by molar-refractivity contribution is 6.15. The second-order valence-corrected chi connectivity index (χ2v) is 12.6. The third kappa shape index (κ3) is 4.97. The van der Waals surface area contributed by atoms with E-state index in [2.05, 4.69) is 11.0 Å². The Morgan fingerprint density at radius 3 is 2.29 bits per heavy atom. The molecule has 1 saturated carbocycles. The van der Waals surface area contributed by atoms with Gasteiger partial charge in [-0.1, -0.05) is 12.1 Å². The summed E-state index contributed by atoms with van der Waals surface area (Å²) in [6.07, 6.45) is 1.72. The Balaban J connectivity index is 1.20. The molecule has 0 N–H and O–H groups in total. The van der Waals surface area contributed by atoms with Crippen LogP contribution in [0.2, 0.25) is 0 Å². The van der Waals surface area contributed by atoms with Gasteiger partial charge in [0.25, 0.3) is 5.91 Å². The topological polar surface area (TPSA) is 99.7 Å². The molecule has 2 aromatic carbocycles. The second-order valence-electron chi connectivity index (χ2n) is 12.6. The summed E-state index contributed by atoms with van der Waals surface area (Å²) in [4.78, 5) is 60.0. The van der Waals surface area contributed by atoms with Crippen LogP contribution in [0.1, 0.15) is 57.6 Å². The number of piperazine rings is 1. The number of carbonyl (C=O) groups is 4. The lowest BCUT2D eigenvalue weighted by Crippen LogP contribution is -2.55. The molecule has 4 aliphatic rings. The average molecular weight is 575 g/mol. The highest BCUT2D eigenvalue weighted by Crippen LogP contribution is 2.59. The van der Waals surface area contributed by atoms with Crippen molar-refractivity contribution in [3.63, 3.8) is 0 Å². The minimum absolute atomic E-state index is 0.0403. The van der Waals surface area contributed by atoms with Crippen molar-refractivity contribution in [1.82, 2.24) is 9.80 Å². The molecule has 1 spiro atoms. The predicted octanol–water partition coefficient (Wildman–Crippen LogP) is 3.85. The monoisotopic (exact) mass is 574 g/mol. The summed E-state index contributed by atoms with van der Waals surface area (Å²) in [6.45, 7) is 8.17. The summed E-state index contributed by atoms with van der Waals surface area (Å²) in [6, 6.07) is 12.6. The highest BCUT2D eigenvalue weighted by Gasteiger charge is 2.61. The Bertz CT molecular complexity index is 1420. The van der Waals surface area contributed by atoms with Crippen LogP contribution in [0.4, 0.5) is 16.2 Å². The molecular weight excluding hydrogens is 536 g/mol. The minimum Gasteiger partial charge on any atom is -0.497 e. The van der Waals surface area contributed by atoms with Crippen molar-refractivity contribution in [1.29, 1.82) is 0 Å². The number of rotatable bonds is 5. The summed E-state index contributed by atoms with van der Waals surface area (Å²) in [5.41, 5.74) is 2.43. The Labute approximate surface area is 246 Å². The first-order valence-corrected chi connectivity index (χ1v) is 14.7. The molecule has 0 bridgehead atoms. The number of anilines is 2. The number of fused-ring (bicyclic) bond motifs is 2. The largest absolute Gasteiger partial charge is 0.497 e. The molecule has 3 aliphatic heterocycles. The fourth-order valence-corrected chi connectivity index (χ4v) is 6.30. The van der Waals surface area contributed by atoms with Crippen molar-refractivity contribution < 1.29 is 28.7 Å². The van der Waals surface area contributed by atoms with Gasteiger partial charge in [-0.15, -0.1) is 0 Å². The van der Waals surface area contributed by atoms with Crippen molar-refractivity contribution in [3.05, 3.63) is 53.6 Å². The van der Waals surface area contributed by atoms with E-state index in [1.807, 2.05) is 45.0 Å². The third-order valence-electron chi connectivity index (χ3n) is 8.73. The number of nitrogens with zero attached hydrogens (tertiary/aromatic N) is 4. The van der Waals surface area contributed by atoms with E-state index in [0.29, 0.717) is 38.3 Å². The lowest BCUT2D eigenvalue weighted by Gasteiger charge is -2.37. The molecule has 0 aromatic heterocycles. The maximum atomic E-state index is 13.9.